The molecule has 88 valence electrons. The van der Waals surface area contributed by atoms with E-state index in [1.807, 2.05) is 49.4 Å². The lowest BCUT2D eigenvalue weighted by Gasteiger charge is -2.24. The van der Waals surface area contributed by atoms with Crippen LogP contribution in [0.15, 0.2) is 64.0 Å². The Morgan fingerprint density at radius 3 is 2.59 bits per heavy atom. The second kappa shape index (κ2) is 4.53. The lowest BCUT2D eigenvalue weighted by Crippen LogP contribution is -2.23. The number of azo groups is 1. The molecular weight excluding hydrogens is 210 g/mol. The summed E-state index contributed by atoms with van der Waals surface area (Å²) in [5.74, 6) is 0. The fourth-order valence-electron chi connectivity index (χ4n) is 1.84. The summed E-state index contributed by atoms with van der Waals surface area (Å²) in [5, 5.41) is 8.69. The lowest BCUT2D eigenvalue weighted by molar-refractivity contribution is 0.543. The third-order valence-electron chi connectivity index (χ3n) is 2.89. The average Bonchev–Trinajstić information content (AvgIpc) is 2.34. The van der Waals surface area contributed by atoms with Crippen LogP contribution in [0.25, 0.3) is 0 Å². The zero-order chi connectivity index (χ0) is 12.3. The molecule has 1 aliphatic rings. The van der Waals surface area contributed by atoms with Gasteiger partial charge in [0.15, 0.2) is 0 Å². The van der Waals surface area contributed by atoms with E-state index in [4.69, 9.17) is 5.73 Å². The Hall–Kier alpha value is -1.90. The van der Waals surface area contributed by atoms with Crippen molar-refractivity contribution >= 4 is 5.69 Å². The van der Waals surface area contributed by atoms with Gasteiger partial charge < -0.3 is 5.73 Å². The first-order valence-electron chi connectivity index (χ1n) is 5.71. The van der Waals surface area contributed by atoms with Crippen molar-refractivity contribution in [2.24, 2.45) is 16.0 Å². The molecule has 1 aromatic carbocycles. The molecule has 1 unspecified atom stereocenters. The van der Waals surface area contributed by atoms with E-state index in [-0.39, 0.29) is 5.54 Å². The largest absolute Gasteiger partial charge is 0.399 e. The van der Waals surface area contributed by atoms with Crippen LogP contribution in [0.1, 0.15) is 20.3 Å². The van der Waals surface area contributed by atoms with Crippen molar-refractivity contribution in [3.8, 4) is 0 Å². The molecule has 1 atom stereocenters. The molecule has 0 amide bonds. The topological polar surface area (TPSA) is 50.7 Å². The van der Waals surface area contributed by atoms with Crippen LogP contribution in [0.5, 0.6) is 0 Å². The zero-order valence-electron chi connectivity index (χ0n) is 10.2. The third-order valence-corrected chi connectivity index (χ3v) is 2.89. The van der Waals surface area contributed by atoms with Gasteiger partial charge in [0.2, 0.25) is 0 Å². The fraction of sp³-hybridized carbons (Fsp3) is 0.286. The predicted molar refractivity (Wildman–Crippen MR) is 70.0 cm³/mol. The molecule has 17 heavy (non-hydrogen) atoms. The van der Waals surface area contributed by atoms with Crippen LogP contribution >= 0.6 is 0 Å². The summed E-state index contributed by atoms with van der Waals surface area (Å²) < 4.78 is 0. The summed E-state index contributed by atoms with van der Waals surface area (Å²) >= 11 is 0. The minimum Gasteiger partial charge on any atom is -0.399 e. The van der Waals surface area contributed by atoms with E-state index in [0.29, 0.717) is 0 Å². The van der Waals surface area contributed by atoms with Gasteiger partial charge in [-0.15, -0.1) is 0 Å². The highest BCUT2D eigenvalue weighted by Gasteiger charge is 2.24. The van der Waals surface area contributed by atoms with Gasteiger partial charge >= 0.3 is 0 Å². The Morgan fingerprint density at radius 1 is 1.24 bits per heavy atom. The Kier molecular flexibility index (Phi) is 3.09. The van der Waals surface area contributed by atoms with Gasteiger partial charge in [-0.1, -0.05) is 24.3 Å². The first-order chi connectivity index (χ1) is 8.09. The molecule has 0 saturated heterocycles. The van der Waals surface area contributed by atoms with E-state index >= 15 is 0 Å². The minimum atomic E-state index is -0.275. The molecule has 0 spiro atoms. The van der Waals surface area contributed by atoms with Gasteiger partial charge in [0.05, 0.1) is 5.69 Å². The highest BCUT2D eigenvalue weighted by atomic mass is 15.1. The second-order valence-electron chi connectivity index (χ2n) is 4.64. The minimum absolute atomic E-state index is 0.275. The predicted octanol–water partition coefficient (Wildman–Crippen LogP) is 3.72. The first-order valence-corrected chi connectivity index (χ1v) is 5.71. The van der Waals surface area contributed by atoms with Gasteiger partial charge in [0, 0.05) is 12.1 Å². The van der Waals surface area contributed by atoms with Gasteiger partial charge in [-0.2, -0.15) is 10.2 Å². The zero-order valence-corrected chi connectivity index (χ0v) is 10.2. The molecule has 3 nitrogen and oxygen atoms in total. The lowest BCUT2D eigenvalue weighted by atomic mass is 9.88. The van der Waals surface area contributed by atoms with Gasteiger partial charge in [0.25, 0.3) is 0 Å². The van der Waals surface area contributed by atoms with E-state index in [2.05, 4.69) is 17.2 Å². The van der Waals surface area contributed by atoms with Gasteiger partial charge in [-0.05, 0) is 37.6 Å². The standard InChI is InChI=1S/C14H17N3/c1-11-10-14(2,9-8-13(11)15)17-16-12-6-4-3-5-7-12/h3-9H,10,15H2,1-2H3. The van der Waals surface area contributed by atoms with Crippen LogP contribution in [0.2, 0.25) is 0 Å². The second-order valence-corrected chi connectivity index (χ2v) is 4.64. The van der Waals surface area contributed by atoms with E-state index in [1.54, 1.807) is 0 Å². The van der Waals surface area contributed by atoms with Crippen LogP contribution in [-0.2, 0) is 0 Å². The molecule has 0 aliphatic heterocycles. The molecule has 1 aromatic rings. The first kappa shape index (κ1) is 11.6. The van der Waals surface area contributed by atoms with Crippen molar-refractivity contribution < 1.29 is 0 Å². The number of nitrogens with zero attached hydrogens (tertiary/aromatic N) is 2. The van der Waals surface area contributed by atoms with E-state index < -0.39 is 0 Å². The maximum Gasteiger partial charge on any atom is 0.101 e. The van der Waals surface area contributed by atoms with Gasteiger partial charge in [0.1, 0.15) is 5.54 Å². The van der Waals surface area contributed by atoms with Gasteiger partial charge in [-0.25, -0.2) is 0 Å². The Bertz CT molecular complexity index is 485. The van der Waals surface area contributed by atoms with Crippen molar-refractivity contribution in [2.45, 2.75) is 25.8 Å². The summed E-state index contributed by atoms with van der Waals surface area (Å²) in [6.07, 6.45) is 4.76. The fourth-order valence-corrected chi connectivity index (χ4v) is 1.84. The highest BCUT2D eigenvalue weighted by molar-refractivity contribution is 5.36. The smallest absolute Gasteiger partial charge is 0.101 e. The normalized spacial score (nSPS) is 24.6. The highest BCUT2D eigenvalue weighted by Crippen LogP contribution is 2.29. The molecule has 2 rings (SSSR count). The Morgan fingerprint density at radius 2 is 1.94 bits per heavy atom. The molecule has 3 heteroatoms. The van der Waals surface area contributed by atoms with E-state index in [1.165, 1.54) is 5.57 Å². The van der Waals surface area contributed by atoms with Crippen LogP contribution in [0.4, 0.5) is 5.69 Å². The van der Waals surface area contributed by atoms with E-state index in [9.17, 15) is 0 Å². The molecule has 1 aliphatic carbocycles. The summed E-state index contributed by atoms with van der Waals surface area (Å²) in [5.41, 5.74) is 8.44. The molecule has 0 bridgehead atoms. The number of allylic oxidation sites excluding steroid dienone is 1. The number of nitrogens with two attached hydrogens (primary N) is 1. The molecule has 2 N–H and O–H groups in total. The van der Waals surface area contributed by atoms with Crippen LogP contribution in [-0.4, -0.2) is 5.54 Å². The molecular formula is C14H17N3. The SMILES string of the molecule is CC1=C(N)C=CC(C)(N=Nc2ccccc2)C1. The summed E-state index contributed by atoms with van der Waals surface area (Å²) in [6.45, 7) is 4.10. The van der Waals surface area contributed by atoms with Gasteiger partial charge in [-0.3, -0.25) is 0 Å². The van der Waals surface area contributed by atoms with Crippen molar-refractivity contribution in [1.29, 1.82) is 0 Å². The third kappa shape index (κ3) is 2.81. The summed E-state index contributed by atoms with van der Waals surface area (Å²) in [7, 11) is 0. The average molecular weight is 227 g/mol. The number of rotatable bonds is 2. The molecule has 0 saturated carbocycles. The number of benzene rings is 1. The van der Waals surface area contributed by atoms with Crippen molar-refractivity contribution in [3.63, 3.8) is 0 Å². The number of hydrogen-bond acceptors (Lipinski definition) is 3. The summed E-state index contributed by atoms with van der Waals surface area (Å²) in [4.78, 5) is 0. The van der Waals surface area contributed by atoms with Crippen LogP contribution in [0, 0.1) is 0 Å². The maximum atomic E-state index is 5.83. The molecule has 0 aromatic heterocycles. The maximum absolute atomic E-state index is 5.83. The monoisotopic (exact) mass is 227 g/mol. The van der Waals surface area contributed by atoms with Crippen molar-refractivity contribution in [1.82, 2.24) is 0 Å². The quantitative estimate of drug-likeness (QED) is 0.769. The molecule has 0 fully saturated rings. The number of hydrogen-bond donors (Lipinski definition) is 1. The summed E-state index contributed by atoms with van der Waals surface area (Å²) in [6, 6.07) is 9.76. The van der Waals surface area contributed by atoms with Crippen LogP contribution < -0.4 is 5.73 Å². The molecule has 0 heterocycles. The Labute approximate surface area is 102 Å². The Balaban J connectivity index is 2.15. The molecule has 0 radical (unpaired) electrons. The van der Waals surface area contributed by atoms with E-state index in [0.717, 1.165) is 17.8 Å². The van der Waals surface area contributed by atoms with Crippen molar-refractivity contribution in [3.05, 3.63) is 53.8 Å². The van der Waals surface area contributed by atoms with Crippen LogP contribution in [0.3, 0.4) is 0 Å². The van der Waals surface area contributed by atoms with Crippen molar-refractivity contribution in [2.75, 3.05) is 0 Å².